The Balaban J connectivity index is 2.09. The van der Waals surface area contributed by atoms with Gasteiger partial charge in [0, 0.05) is 26.2 Å². The molecule has 1 aliphatic rings. The third-order valence-corrected chi connectivity index (χ3v) is 5.72. The van der Waals surface area contributed by atoms with Crippen LogP contribution in [0.5, 0.6) is 0 Å². The van der Waals surface area contributed by atoms with E-state index in [0.717, 1.165) is 6.07 Å². The first-order valence-electron chi connectivity index (χ1n) is 7.18. The minimum Gasteiger partial charge on any atom is -0.336 e. The highest BCUT2D eigenvalue weighted by Crippen LogP contribution is 2.18. The van der Waals surface area contributed by atoms with Crippen molar-refractivity contribution < 1.29 is 26.4 Å². The zero-order chi connectivity index (χ0) is 17.2. The van der Waals surface area contributed by atoms with Crippen molar-refractivity contribution in [1.82, 2.24) is 9.21 Å². The van der Waals surface area contributed by atoms with Crippen molar-refractivity contribution in [3.05, 3.63) is 35.1 Å². The second-order valence-corrected chi connectivity index (χ2v) is 7.32. The molecule has 0 N–H and O–H groups in total. The molecule has 1 aromatic carbocycles. The maximum absolute atomic E-state index is 13.7. The molecule has 1 fully saturated rings. The molecule has 5 nitrogen and oxygen atoms in total. The van der Waals surface area contributed by atoms with Gasteiger partial charge in [0.05, 0.1) is 11.3 Å². The fraction of sp³-hybridized carbons (Fsp3) is 0.500. The number of carbonyl (C=O) groups is 1. The molecule has 128 valence electrons. The Hall–Kier alpha value is -1.61. The first-order valence-corrected chi connectivity index (χ1v) is 8.79. The fourth-order valence-corrected chi connectivity index (χ4v) is 3.91. The predicted octanol–water partition coefficient (Wildman–Crippen LogP) is 1.60. The minimum absolute atomic E-state index is 0.0265. The molecule has 23 heavy (non-hydrogen) atoms. The lowest BCUT2D eigenvalue weighted by atomic mass is 10.1. The van der Waals surface area contributed by atoms with Crippen molar-refractivity contribution in [1.29, 1.82) is 0 Å². The number of halogens is 3. The third kappa shape index (κ3) is 3.66. The number of hydrogen-bond donors (Lipinski definition) is 0. The molecule has 2 rings (SSSR count). The number of rotatable bonds is 4. The Morgan fingerprint density at radius 1 is 1.09 bits per heavy atom. The number of nitrogens with zero attached hydrogens (tertiary/aromatic N) is 2. The molecule has 0 bridgehead atoms. The van der Waals surface area contributed by atoms with E-state index >= 15 is 0 Å². The van der Waals surface area contributed by atoms with Gasteiger partial charge < -0.3 is 4.90 Å². The number of benzene rings is 1. The van der Waals surface area contributed by atoms with Gasteiger partial charge in [-0.05, 0) is 18.6 Å². The monoisotopic (exact) mass is 350 g/mol. The van der Waals surface area contributed by atoms with Crippen LogP contribution < -0.4 is 0 Å². The second-order valence-electron chi connectivity index (χ2n) is 5.23. The molecule has 1 saturated heterocycles. The number of hydrogen-bond acceptors (Lipinski definition) is 3. The van der Waals surface area contributed by atoms with E-state index in [1.165, 1.54) is 9.21 Å². The van der Waals surface area contributed by atoms with Crippen LogP contribution in [0.2, 0.25) is 0 Å². The van der Waals surface area contributed by atoms with Crippen LogP contribution in [0.25, 0.3) is 0 Å². The van der Waals surface area contributed by atoms with Crippen LogP contribution >= 0.6 is 0 Å². The molecule has 1 amide bonds. The average molecular weight is 350 g/mol. The number of piperazine rings is 1. The Labute approximate surface area is 132 Å². The topological polar surface area (TPSA) is 57.7 Å². The highest BCUT2D eigenvalue weighted by molar-refractivity contribution is 7.89. The van der Waals surface area contributed by atoms with Gasteiger partial charge in [-0.2, -0.15) is 4.31 Å². The van der Waals surface area contributed by atoms with Crippen molar-refractivity contribution in [2.75, 3.05) is 31.9 Å². The molecule has 0 spiro atoms. The largest absolute Gasteiger partial charge is 0.336 e. The summed E-state index contributed by atoms with van der Waals surface area (Å²) in [5.74, 6) is -5.35. The molecule has 1 aliphatic heterocycles. The van der Waals surface area contributed by atoms with Crippen LogP contribution in [-0.4, -0.2) is 55.5 Å². The van der Waals surface area contributed by atoms with E-state index in [4.69, 9.17) is 0 Å². The predicted molar refractivity (Wildman–Crippen MR) is 77.9 cm³/mol. The lowest BCUT2D eigenvalue weighted by Gasteiger charge is -2.34. The molecular weight excluding hydrogens is 333 g/mol. The number of sulfonamides is 1. The maximum atomic E-state index is 13.7. The molecule has 1 heterocycles. The zero-order valence-corrected chi connectivity index (χ0v) is 13.4. The normalized spacial score (nSPS) is 16.6. The molecule has 0 atom stereocenters. The summed E-state index contributed by atoms with van der Waals surface area (Å²) in [5, 5.41) is 0. The maximum Gasteiger partial charge on any atom is 0.257 e. The van der Waals surface area contributed by atoms with Crippen molar-refractivity contribution in [2.24, 2.45) is 0 Å². The summed E-state index contributed by atoms with van der Waals surface area (Å²) in [4.78, 5) is 13.4. The van der Waals surface area contributed by atoms with E-state index in [-0.39, 0.29) is 31.9 Å². The van der Waals surface area contributed by atoms with Crippen molar-refractivity contribution in [3.8, 4) is 0 Å². The molecule has 9 heteroatoms. The quantitative estimate of drug-likeness (QED) is 0.775. The second kappa shape index (κ2) is 6.88. The van der Waals surface area contributed by atoms with Crippen LogP contribution in [-0.2, 0) is 10.0 Å². The molecule has 1 aromatic rings. The summed E-state index contributed by atoms with van der Waals surface area (Å²) in [7, 11) is -3.36. The van der Waals surface area contributed by atoms with Gasteiger partial charge in [-0.1, -0.05) is 6.92 Å². The van der Waals surface area contributed by atoms with Gasteiger partial charge in [0.15, 0.2) is 17.5 Å². The SMILES string of the molecule is CCCS(=O)(=O)N1CCN(C(=O)c2ccc(F)c(F)c2F)CC1. The van der Waals surface area contributed by atoms with Crippen LogP contribution in [0.1, 0.15) is 23.7 Å². The van der Waals surface area contributed by atoms with Gasteiger partial charge in [-0.3, -0.25) is 4.79 Å². The Kier molecular flexibility index (Phi) is 5.30. The highest BCUT2D eigenvalue weighted by Gasteiger charge is 2.30. The minimum atomic E-state index is -3.36. The highest BCUT2D eigenvalue weighted by atomic mass is 32.2. The Morgan fingerprint density at radius 2 is 1.70 bits per heavy atom. The van der Waals surface area contributed by atoms with E-state index in [0.29, 0.717) is 12.5 Å². The molecule has 0 radical (unpaired) electrons. The Bertz CT molecular complexity index is 701. The summed E-state index contributed by atoms with van der Waals surface area (Å²) < 4.78 is 64.9. The van der Waals surface area contributed by atoms with Crippen molar-refractivity contribution in [3.63, 3.8) is 0 Å². The smallest absolute Gasteiger partial charge is 0.257 e. The molecule has 0 saturated carbocycles. The molecule has 0 aromatic heterocycles. The van der Waals surface area contributed by atoms with E-state index in [9.17, 15) is 26.4 Å². The molecule has 0 unspecified atom stereocenters. The van der Waals surface area contributed by atoms with E-state index in [2.05, 4.69) is 0 Å². The summed E-state index contributed by atoms with van der Waals surface area (Å²) in [5.41, 5.74) is -0.561. The lowest BCUT2D eigenvalue weighted by molar-refractivity contribution is 0.0691. The fourth-order valence-electron chi connectivity index (χ4n) is 2.42. The van der Waals surface area contributed by atoms with Gasteiger partial charge >= 0.3 is 0 Å². The zero-order valence-electron chi connectivity index (χ0n) is 12.6. The van der Waals surface area contributed by atoms with Gasteiger partial charge in [0.1, 0.15) is 0 Å². The van der Waals surface area contributed by atoms with Crippen molar-refractivity contribution in [2.45, 2.75) is 13.3 Å². The van der Waals surface area contributed by atoms with Gasteiger partial charge in [-0.15, -0.1) is 0 Å². The van der Waals surface area contributed by atoms with Gasteiger partial charge in [0.25, 0.3) is 5.91 Å². The first kappa shape index (κ1) is 17.7. The standard InChI is InChI=1S/C14H17F3N2O3S/c1-2-9-23(21,22)19-7-5-18(6-8-19)14(20)10-3-4-11(15)13(17)12(10)16/h3-4H,2,5-9H2,1H3. The third-order valence-electron chi connectivity index (χ3n) is 3.65. The average Bonchev–Trinajstić information content (AvgIpc) is 2.52. The van der Waals surface area contributed by atoms with E-state index in [1.54, 1.807) is 6.92 Å². The van der Waals surface area contributed by atoms with Gasteiger partial charge in [0.2, 0.25) is 10.0 Å². The van der Waals surface area contributed by atoms with Crippen LogP contribution in [0.15, 0.2) is 12.1 Å². The van der Waals surface area contributed by atoms with Crippen LogP contribution in [0.3, 0.4) is 0 Å². The number of amides is 1. The molecular formula is C14H17F3N2O3S. The van der Waals surface area contributed by atoms with E-state index in [1.807, 2.05) is 0 Å². The molecule has 0 aliphatic carbocycles. The number of carbonyl (C=O) groups excluding carboxylic acids is 1. The first-order chi connectivity index (χ1) is 10.8. The van der Waals surface area contributed by atoms with Crippen LogP contribution in [0, 0.1) is 17.5 Å². The summed E-state index contributed by atoms with van der Waals surface area (Å²) in [6.07, 6.45) is 0.488. The van der Waals surface area contributed by atoms with Crippen LogP contribution in [0.4, 0.5) is 13.2 Å². The van der Waals surface area contributed by atoms with Crippen molar-refractivity contribution >= 4 is 15.9 Å². The lowest BCUT2D eigenvalue weighted by Crippen LogP contribution is -2.51. The Morgan fingerprint density at radius 3 is 2.26 bits per heavy atom. The summed E-state index contributed by atoms with van der Waals surface area (Å²) in [6, 6.07) is 1.57. The summed E-state index contributed by atoms with van der Waals surface area (Å²) >= 11 is 0. The van der Waals surface area contributed by atoms with E-state index < -0.39 is 38.9 Å². The summed E-state index contributed by atoms with van der Waals surface area (Å²) in [6.45, 7) is 2.09. The van der Waals surface area contributed by atoms with Gasteiger partial charge in [-0.25, -0.2) is 21.6 Å².